The Morgan fingerprint density at radius 2 is 2.00 bits per heavy atom. The van der Waals surface area contributed by atoms with Gasteiger partial charge in [-0.25, -0.2) is 0 Å². The molecule has 0 bridgehead atoms. The van der Waals surface area contributed by atoms with Gasteiger partial charge >= 0.3 is 0 Å². The van der Waals surface area contributed by atoms with Gasteiger partial charge in [-0.15, -0.1) is 0 Å². The lowest BCUT2D eigenvalue weighted by Crippen LogP contribution is -2.41. The molecule has 1 aromatic rings. The number of nitrogens with one attached hydrogen (secondary N) is 1. The first-order valence-electron chi connectivity index (χ1n) is 7.46. The molecular formula is C16H25NO2. The quantitative estimate of drug-likeness (QED) is 0.888. The highest BCUT2D eigenvalue weighted by Crippen LogP contribution is 2.42. The number of aryl methyl sites for hydroxylation is 1. The highest BCUT2D eigenvalue weighted by Gasteiger charge is 2.35. The zero-order valence-electron chi connectivity index (χ0n) is 12.3. The predicted molar refractivity (Wildman–Crippen MR) is 75.3 cm³/mol. The number of hydrogen-bond acceptors (Lipinski definition) is 3. The van der Waals surface area contributed by atoms with Crippen LogP contribution in [0.25, 0.3) is 0 Å². The lowest BCUT2D eigenvalue weighted by Gasteiger charge is -2.37. The van der Waals surface area contributed by atoms with Gasteiger partial charge in [0.1, 0.15) is 11.5 Å². The smallest absolute Gasteiger partial charge is 0.109 e. The van der Waals surface area contributed by atoms with E-state index < -0.39 is 0 Å². The third kappa shape index (κ3) is 2.87. The third-order valence-electron chi connectivity index (χ3n) is 4.39. The van der Waals surface area contributed by atoms with Crippen LogP contribution < -0.4 is 5.32 Å². The van der Waals surface area contributed by atoms with Crippen LogP contribution in [0.1, 0.15) is 56.2 Å². The van der Waals surface area contributed by atoms with E-state index in [1.54, 1.807) is 0 Å². The highest BCUT2D eigenvalue weighted by molar-refractivity contribution is 5.29. The maximum atomic E-state index is 5.90. The molecule has 0 aromatic carbocycles. The molecular weight excluding hydrogens is 238 g/mol. The molecule has 0 spiro atoms. The Morgan fingerprint density at radius 1 is 1.26 bits per heavy atom. The summed E-state index contributed by atoms with van der Waals surface area (Å²) in [6.45, 7) is 8.52. The van der Waals surface area contributed by atoms with E-state index in [1.165, 1.54) is 17.7 Å². The second-order valence-electron chi connectivity index (χ2n) is 6.89. The number of hydrogen-bond donors (Lipinski definition) is 1. The van der Waals surface area contributed by atoms with Crippen LogP contribution >= 0.6 is 0 Å². The van der Waals surface area contributed by atoms with Gasteiger partial charge in [0, 0.05) is 37.3 Å². The Labute approximate surface area is 115 Å². The molecule has 1 aliphatic heterocycles. The van der Waals surface area contributed by atoms with Crippen molar-refractivity contribution in [3.63, 3.8) is 0 Å². The summed E-state index contributed by atoms with van der Waals surface area (Å²) in [6.07, 6.45) is 4.50. The highest BCUT2D eigenvalue weighted by atomic mass is 16.5. The molecule has 2 heterocycles. The van der Waals surface area contributed by atoms with Gasteiger partial charge < -0.3 is 14.5 Å². The summed E-state index contributed by atoms with van der Waals surface area (Å²) < 4.78 is 11.3. The van der Waals surface area contributed by atoms with Crippen LogP contribution in [0.3, 0.4) is 0 Å². The molecule has 1 aliphatic carbocycles. The van der Waals surface area contributed by atoms with Crippen LogP contribution in [-0.2, 0) is 11.2 Å². The van der Waals surface area contributed by atoms with Crippen LogP contribution in [0.15, 0.2) is 10.5 Å². The summed E-state index contributed by atoms with van der Waals surface area (Å²) in [6, 6.07) is 3.26. The maximum absolute atomic E-state index is 5.90. The van der Waals surface area contributed by atoms with Gasteiger partial charge in [0.05, 0.1) is 0 Å². The lowest BCUT2D eigenvalue weighted by atomic mass is 9.74. The van der Waals surface area contributed by atoms with Crippen LogP contribution in [-0.4, -0.2) is 19.3 Å². The number of ether oxygens (including phenoxy) is 1. The summed E-state index contributed by atoms with van der Waals surface area (Å²) in [7, 11) is 0. The maximum Gasteiger partial charge on any atom is 0.109 e. The monoisotopic (exact) mass is 263 g/mol. The van der Waals surface area contributed by atoms with Gasteiger partial charge in [-0.05, 0) is 37.7 Å². The first-order chi connectivity index (χ1) is 9.03. The summed E-state index contributed by atoms with van der Waals surface area (Å²) in [4.78, 5) is 0. The predicted octanol–water partition coefficient (Wildman–Crippen LogP) is 3.37. The van der Waals surface area contributed by atoms with E-state index in [2.05, 4.69) is 32.2 Å². The second-order valence-corrected chi connectivity index (χ2v) is 6.89. The lowest BCUT2D eigenvalue weighted by molar-refractivity contribution is 0.0714. The molecule has 19 heavy (non-hydrogen) atoms. The summed E-state index contributed by atoms with van der Waals surface area (Å²) >= 11 is 0. The molecule has 0 amide bonds. The minimum absolute atomic E-state index is 0.320. The number of fused-ring (bicyclic) bond motifs is 1. The Morgan fingerprint density at radius 3 is 2.74 bits per heavy atom. The van der Waals surface area contributed by atoms with Gasteiger partial charge in [0.15, 0.2) is 0 Å². The fourth-order valence-corrected chi connectivity index (χ4v) is 3.48. The van der Waals surface area contributed by atoms with Crippen molar-refractivity contribution in [2.45, 2.75) is 58.5 Å². The van der Waals surface area contributed by atoms with Gasteiger partial charge in [0.25, 0.3) is 0 Å². The zero-order chi connectivity index (χ0) is 13.5. The normalized spacial score (nSPS) is 27.2. The molecule has 0 saturated carbocycles. The van der Waals surface area contributed by atoms with E-state index in [1.807, 2.05) is 0 Å². The fourth-order valence-electron chi connectivity index (χ4n) is 3.48. The summed E-state index contributed by atoms with van der Waals surface area (Å²) in [5.74, 6) is 2.24. The SMILES string of the molecule is Cc1cc2c(o1)CC(C)(C)CC2NC1CCOCC1. The van der Waals surface area contributed by atoms with E-state index in [-0.39, 0.29) is 0 Å². The van der Waals surface area contributed by atoms with Crippen molar-refractivity contribution in [1.82, 2.24) is 5.32 Å². The third-order valence-corrected chi connectivity index (χ3v) is 4.39. The molecule has 3 nitrogen and oxygen atoms in total. The number of rotatable bonds is 2. The van der Waals surface area contributed by atoms with E-state index >= 15 is 0 Å². The Balaban J connectivity index is 1.79. The average molecular weight is 263 g/mol. The zero-order valence-corrected chi connectivity index (χ0v) is 12.3. The van der Waals surface area contributed by atoms with E-state index in [0.29, 0.717) is 17.5 Å². The van der Waals surface area contributed by atoms with Gasteiger partial charge in [-0.2, -0.15) is 0 Å². The van der Waals surface area contributed by atoms with Crippen molar-refractivity contribution in [3.8, 4) is 0 Å². The number of furan rings is 1. The molecule has 1 unspecified atom stereocenters. The van der Waals surface area contributed by atoms with Crippen LogP contribution in [0.2, 0.25) is 0 Å². The molecule has 3 rings (SSSR count). The molecule has 1 fully saturated rings. The van der Waals surface area contributed by atoms with Crippen molar-refractivity contribution in [2.24, 2.45) is 5.41 Å². The van der Waals surface area contributed by atoms with E-state index in [9.17, 15) is 0 Å². The van der Waals surface area contributed by atoms with Crippen LogP contribution in [0, 0.1) is 12.3 Å². The summed E-state index contributed by atoms with van der Waals surface area (Å²) in [5, 5.41) is 3.84. The Hall–Kier alpha value is -0.800. The minimum atomic E-state index is 0.320. The van der Waals surface area contributed by atoms with Crippen molar-refractivity contribution in [1.29, 1.82) is 0 Å². The van der Waals surface area contributed by atoms with Crippen molar-refractivity contribution in [3.05, 3.63) is 23.2 Å². The van der Waals surface area contributed by atoms with Crippen molar-refractivity contribution < 1.29 is 9.15 Å². The molecule has 1 atom stereocenters. The average Bonchev–Trinajstić information content (AvgIpc) is 2.69. The molecule has 106 valence electrons. The molecule has 0 radical (unpaired) electrons. The second kappa shape index (κ2) is 4.95. The van der Waals surface area contributed by atoms with Crippen LogP contribution in [0.5, 0.6) is 0 Å². The first-order valence-corrected chi connectivity index (χ1v) is 7.46. The first kappa shape index (κ1) is 13.2. The van der Waals surface area contributed by atoms with Crippen LogP contribution in [0.4, 0.5) is 0 Å². The van der Waals surface area contributed by atoms with Crippen molar-refractivity contribution in [2.75, 3.05) is 13.2 Å². The molecule has 1 N–H and O–H groups in total. The standard InChI is InChI=1S/C16H25NO2/c1-11-8-13-14(17-12-4-6-18-7-5-12)9-16(2,3)10-15(13)19-11/h8,12,14,17H,4-7,9-10H2,1-3H3. The van der Waals surface area contributed by atoms with Gasteiger partial charge in [-0.3, -0.25) is 0 Å². The molecule has 1 aromatic heterocycles. The van der Waals surface area contributed by atoms with E-state index in [4.69, 9.17) is 9.15 Å². The Kier molecular flexibility index (Phi) is 3.44. The largest absolute Gasteiger partial charge is 0.466 e. The Bertz CT molecular complexity index is 444. The molecule has 1 saturated heterocycles. The van der Waals surface area contributed by atoms with E-state index in [0.717, 1.165) is 38.2 Å². The molecule has 2 aliphatic rings. The fraction of sp³-hybridized carbons (Fsp3) is 0.750. The molecule has 3 heteroatoms. The van der Waals surface area contributed by atoms with Gasteiger partial charge in [0.2, 0.25) is 0 Å². The summed E-state index contributed by atoms with van der Waals surface area (Å²) in [5.41, 5.74) is 1.71. The topological polar surface area (TPSA) is 34.4 Å². The van der Waals surface area contributed by atoms with Crippen molar-refractivity contribution >= 4 is 0 Å². The van der Waals surface area contributed by atoms with Gasteiger partial charge in [-0.1, -0.05) is 13.8 Å². The minimum Gasteiger partial charge on any atom is -0.466 e.